The Morgan fingerprint density at radius 3 is 2.83 bits per heavy atom. The summed E-state index contributed by atoms with van der Waals surface area (Å²) in [6.45, 7) is 1.22. The predicted molar refractivity (Wildman–Crippen MR) is 64.4 cm³/mol. The summed E-state index contributed by atoms with van der Waals surface area (Å²) in [5.74, 6) is 0.243. The minimum Gasteiger partial charge on any atom is -0.349 e. The van der Waals surface area contributed by atoms with Crippen LogP contribution >= 0.6 is 11.6 Å². The molecule has 0 radical (unpaired) electrons. The zero-order valence-electron chi connectivity index (χ0n) is 9.65. The highest BCUT2D eigenvalue weighted by molar-refractivity contribution is 6.29. The molecule has 0 unspecified atom stereocenters. The van der Waals surface area contributed by atoms with Gasteiger partial charge in [-0.05, 0) is 18.6 Å². The van der Waals surface area contributed by atoms with Crippen molar-refractivity contribution in [3.05, 3.63) is 29.0 Å². The van der Waals surface area contributed by atoms with E-state index in [-0.39, 0.29) is 12.4 Å². The van der Waals surface area contributed by atoms with Gasteiger partial charge in [0, 0.05) is 12.7 Å². The Hall–Kier alpha value is -1.74. The Labute approximate surface area is 109 Å². The number of pyridine rings is 1. The molecular weight excluding hydrogens is 262 g/mol. The van der Waals surface area contributed by atoms with Gasteiger partial charge in [0.05, 0.1) is 6.54 Å². The molecule has 0 saturated carbocycles. The number of hydrogen-bond acceptors (Lipinski definition) is 3. The van der Waals surface area contributed by atoms with E-state index in [2.05, 4.69) is 9.98 Å². The Morgan fingerprint density at radius 2 is 2.33 bits per heavy atom. The summed E-state index contributed by atoms with van der Waals surface area (Å²) in [5, 5.41) is 8.78. The maximum absolute atomic E-state index is 12.4. The van der Waals surface area contributed by atoms with Gasteiger partial charge in [-0.2, -0.15) is 10.3 Å². The quantitative estimate of drug-likeness (QED) is 0.366. The van der Waals surface area contributed by atoms with Gasteiger partial charge in [-0.25, -0.2) is 13.8 Å². The topological polar surface area (TPSA) is 52.3 Å². The van der Waals surface area contributed by atoms with Crippen LogP contribution in [0.5, 0.6) is 0 Å². The second-order valence-corrected chi connectivity index (χ2v) is 3.91. The molecule has 0 aliphatic rings. The van der Waals surface area contributed by atoms with Crippen LogP contribution in [0.4, 0.5) is 8.78 Å². The molecule has 4 nitrogen and oxygen atoms in total. The van der Waals surface area contributed by atoms with Crippen LogP contribution in [0.3, 0.4) is 0 Å². The van der Waals surface area contributed by atoms with Crippen LogP contribution < -0.4 is 0 Å². The number of rotatable bonds is 4. The number of aromatic nitrogens is 1. The lowest BCUT2D eigenvalue weighted by Crippen LogP contribution is -2.32. The maximum atomic E-state index is 12.4. The van der Waals surface area contributed by atoms with Crippen LogP contribution in [-0.4, -0.2) is 28.7 Å². The Balaban J connectivity index is 2.81. The van der Waals surface area contributed by atoms with Gasteiger partial charge in [0.1, 0.15) is 11.0 Å². The number of alkyl halides is 2. The van der Waals surface area contributed by atoms with E-state index in [0.29, 0.717) is 10.7 Å². The summed E-state index contributed by atoms with van der Waals surface area (Å²) < 4.78 is 24.9. The van der Waals surface area contributed by atoms with Crippen molar-refractivity contribution < 1.29 is 8.78 Å². The molecule has 0 bridgehead atoms. The number of nitrogens with zero attached hydrogens (tertiary/aromatic N) is 4. The fourth-order valence-corrected chi connectivity index (χ4v) is 1.45. The number of hydrogen-bond donors (Lipinski definition) is 0. The zero-order valence-corrected chi connectivity index (χ0v) is 10.4. The van der Waals surface area contributed by atoms with E-state index < -0.39 is 13.0 Å². The molecule has 1 aromatic heterocycles. The van der Waals surface area contributed by atoms with Crippen molar-refractivity contribution >= 4 is 17.4 Å². The van der Waals surface area contributed by atoms with E-state index in [4.69, 9.17) is 16.9 Å². The molecule has 18 heavy (non-hydrogen) atoms. The number of aliphatic imine (C=N–C) groups is 1. The van der Waals surface area contributed by atoms with Crippen molar-refractivity contribution in [2.45, 2.75) is 19.9 Å². The van der Waals surface area contributed by atoms with E-state index >= 15 is 0 Å². The highest BCUT2D eigenvalue weighted by Gasteiger charge is 2.14. The predicted octanol–water partition coefficient (Wildman–Crippen LogP) is 2.70. The van der Waals surface area contributed by atoms with Gasteiger partial charge in [-0.1, -0.05) is 17.7 Å². The first kappa shape index (κ1) is 14.3. The summed E-state index contributed by atoms with van der Waals surface area (Å²) in [4.78, 5) is 8.64. The summed E-state index contributed by atoms with van der Waals surface area (Å²) in [6, 6.07) is 3.27. The van der Waals surface area contributed by atoms with Crippen molar-refractivity contribution in [2.24, 2.45) is 4.99 Å². The molecular formula is C11H11ClF2N4. The molecule has 0 amide bonds. The van der Waals surface area contributed by atoms with Crippen LogP contribution in [0.25, 0.3) is 0 Å². The van der Waals surface area contributed by atoms with Gasteiger partial charge in [0.15, 0.2) is 0 Å². The molecule has 7 heteroatoms. The average molecular weight is 273 g/mol. The van der Waals surface area contributed by atoms with Gasteiger partial charge in [-0.3, -0.25) is 0 Å². The van der Waals surface area contributed by atoms with E-state index in [0.717, 1.165) is 0 Å². The Bertz CT molecular complexity index is 453. The monoisotopic (exact) mass is 272 g/mol. The van der Waals surface area contributed by atoms with E-state index in [9.17, 15) is 8.78 Å². The fourth-order valence-electron chi connectivity index (χ4n) is 1.34. The maximum Gasteiger partial charge on any atom is 0.255 e. The van der Waals surface area contributed by atoms with Crippen LogP contribution in [0, 0.1) is 11.5 Å². The SMILES string of the molecule is C/C(=N\C#N)N(Cc1ccc(Cl)nc1)CC(F)F. The molecule has 0 saturated heterocycles. The Morgan fingerprint density at radius 1 is 1.61 bits per heavy atom. The molecule has 0 aliphatic carbocycles. The van der Waals surface area contributed by atoms with Crippen molar-refractivity contribution in [2.75, 3.05) is 6.54 Å². The van der Waals surface area contributed by atoms with Crippen molar-refractivity contribution in [3.8, 4) is 6.19 Å². The minimum absolute atomic E-state index is 0.200. The lowest BCUT2D eigenvalue weighted by Gasteiger charge is -2.22. The second-order valence-electron chi connectivity index (χ2n) is 3.52. The van der Waals surface area contributed by atoms with Crippen LogP contribution in [0.2, 0.25) is 5.15 Å². The number of nitriles is 1. The summed E-state index contributed by atoms with van der Waals surface area (Å²) in [5.41, 5.74) is 0.715. The first-order valence-electron chi connectivity index (χ1n) is 5.10. The van der Waals surface area contributed by atoms with Crippen molar-refractivity contribution in [3.63, 3.8) is 0 Å². The molecule has 0 atom stereocenters. The van der Waals surface area contributed by atoms with E-state index in [1.165, 1.54) is 18.0 Å². The van der Waals surface area contributed by atoms with Crippen LogP contribution in [0.15, 0.2) is 23.3 Å². The normalized spacial score (nSPS) is 11.4. The Kier molecular flexibility index (Phi) is 5.46. The molecule has 0 aliphatic heterocycles. The molecule has 1 aromatic rings. The van der Waals surface area contributed by atoms with E-state index in [1.54, 1.807) is 18.3 Å². The van der Waals surface area contributed by atoms with Gasteiger partial charge in [0.25, 0.3) is 6.43 Å². The third kappa shape index (κ3) is 4.63. The third-order valence-corrected chi connectivity index (χ3v) is 2.41. The molecule has 1 rings (SSSR count). The third-order valence-electron chi connectivity index (χ3n) is 2.19. The molecule has 0 fully saturated rings. The lowest BCUT2D eigenvalue weighted by molar-refractivity contribution is 0.113. The highest BCUT2D eigenvalue weighted by Crippen LogP contribution is 2.10. The van der Waals surface area contributed by atoms with Gasteiger partial charge < -0.3 is 4.90 Å². The largest absolute Gasteiger partial charge is 0.349 e. The number of amidine groups is 1. The van der Waals surface area contributed by atoms with Gasteiger partial charge >= 0.3 is 0 Å². The molecule has 0 aromatic carbocycles. The van der Waals surface area contributed by atoms with E-state index in [1.807, 2.05) is 0 Å². The first-order valence-corrected chi connectivity index (χ1v) is 5.47. The molecule has 1 heterocycles. The van der Waals surface area contributed by atoms with Gasteiger partial charge in [-0.15, -0.1) is 0 Å². The average Bonchev–Trinajstić information content (AvgIpc) is 2.31. The zero-order chi connectivity index (χ0) is 13.5. The van der Waals surface area contributed by atoms with Crippen LogP contribution in [-0.2, 0) is 6.54 Å². The molecule has 0 N–H and O–H groups in total. The summed E-state index contributed by atoms with van der Waals surface area (Å²) in [7, 11) is 0. The minimum atomic E-state index is -2.51. The fraction of sp³-hybridized carbons (Fsp3) is 0.364. The lowest BCUT2D eigenvalue weighted by atomic mass is 10.2. The van der Waals surface area contributed by atoms with Crippen molar-refractivity contribution in [1.82, 2.24) is 9.88 Å². The second kappa shape index (κ2) is 6.87. The molecule has 0 spiro atoms. The van der Waals surface area contributed by atoms with Crippen LogP contribution in [0.1, 0.15) is 12.5 Å². The summed E-state index contributed by atoms with van der Waals surface area (Å²) in [6.07, 6.45) is 0.576. The standard InChI is InChI=1S/C11H11ClF2N4/c1-8(17-7-15)18(6-11(13)14)5-9-2-3-10(12)16-4-9/h2-4,11H,5-6H2,1H3/b17-8+. The highest BCUT2D eigenvalue weighted by atomic mass is 35.5. The summed E-state index contributed by atoms with van der Waals surface area (Å²) >= 11 is 5.63. The van der Waals surface area contributed by atoms with Gasteiger partial charge in [0.2, 0.25) is 6.19 Å². The molecule has 96 valence electrons. The first-order chi connectivity index (χ1) is 8.52. The smallest absolute Gasteiger partial charge is 0.255 e. The van der Waals surface area contributed by atoms with Crippen molar-refractivity contribution in [1.29, 1.82) is 5.26 Å². The number of halogens is 3.